The monoisotopic (exact) mass is 413 g/mol. The molecule has 4 nitrogen and oxygen atoms in total. The van der Waals surface area contributed by atoms with Gasteiger partial charge in [0.2, 0.25) is 0 Å². The molecular formula is C22H18ClF2N3O. The summed E-state index contributed by atoms with van der Waals surface area (Å²) in [6.07, 6.45) is 3.44. The highest BCUT2D eigenvalue weighted by Gasteiger charge is 2.10. The van der Waals surface area contributed by atoms with E-state index >= 15 is 0 Å². The molecule has 0 aliphatic heterocycles. The van der Waals surface area contributed by atoms with E-state index in [-0.39, 0.29) is 10.8 Å². The van der Waals surface area contributed by atoms with Crippen molar-refractivity contribution in [2.24, 2.45) is 4.99 Å². The number of para-hydroxylation sites is 1. The summed E-state index contributed by atoms with van der Waals surface area (Å²) >= 11 is 6.01. The summed E-state index contributed by atoms with van der Waals surface area (Å²) in [6, 6.07) is 15.6. The van der Waals surface area contributed by atoms with E-state index in [0.717, 1.165) is 16.8 Å². The number of aromatic nitrogens is 1. The molecular weight excluding hydrogens is 396 g/mol. The van der Waals surface area contributed by atoms with Crippen LogP contribution in [0.4, 0.5) is 20.2 Å². The Morgan fingerprint density at radius 2 is 1.97 bits per heavy atom. The Labute approximate surface area is 172 Å². The van der Waals surface area contributed by atoms with E-state index < -0.39 is 6.61 Å². The van der Waals surface area contributed by atoms with Gasteiger partial charge in [0.1, 0.15) is 5.75 Å². The van der Waals surface area contributed by atoms with Crippen molar-refractivity contribution < 1.29 is 13.5 Å². The van der Waals surface area contributed by atoms with Crippen LogP contribution in [0.5, 0.6) is 5.75 Å². The lowest BCUT2D eigenvalue weighted by Crippen LogP contribution is -2.03. The summed E-state index contributed by atoms with van der Waals surface area (Å²) in [5.74, 6) is -0.0403. The topological polar surface area (TPSA) is 46.5 Å². The number of rotatable bonds is 7. The second kappa shape index (κ2) is 9.30. The molecule has 0 amide bonds. The van der Waals surface area contributed by atoms with Crippen molar-refractivity contribution in [3.8, 4) is 5.75 Å². The van der Waals surface area contributed by atoms with E-state index in [0.29, 0.717) is 17.1 Å². The number of pyridine rings is 1. The molecule has 3 rings (SSSR count). The van der Waals surface area contributed by atoms with Crippen molar-refractivity contribution in [2.75, 3.05) is 5.32 Å². The van der Waals surface area contributed by atoms with Gasteiger partial charge >= 0.3 is 6.61 Å². The Balaban J connectivity index is 1.87. The van der Waals surface area contributed by atoms with E-state index in [1.807, 2.05) is 43.3 Å². The average Bonchev–Trinajstić information content (AvgIpc) is 2.68. The molecule has 0 fully saturated rings. The molecule has 2 aromatic carbocycles. The Bertz CT molecular complexity index is 1040. The highest BCUT2D eigenvalue weighted by molar-refractivity contribution is 6.31. The Hall–Kier alpha value is -3.25. The summed E-state index contributed by atoms with van der Waals surface area (Å²) in [5.41, 5.74) is 4.18. The summed E-state index contributed by atoms with van der Waals surface area (Å²) in [4.78, 5) is 8.80. The van der Waals surface area contributed by atoms with Gasteiger partial charge in [-0.3, -0.25) is 9.98 Å². The standard InChI is InChI=1S/C22H18ClF2N3O/c1-14(16-6-5-9-26-13-16)28-21-8-4-3-7-20(21)15(2)27-18-10-17(23)11-19(12-18)29-22(24)25/h3-13,22,27H,2H2,1H3/b28-14+. The molecule has 0 saturated heterocycles. The quantitative estimate of drug-likeness (QED) is 0.446. The van der Waals surface area contributed by atoms with Crippen molar-refractivity contribution in [3.05, 3.63) is 89.7 Å². The zero-order valence-corrected chi connectivity index (χ0v) is 16.3. The largest absolute Gasteiger partial charge is 0.435 e. The molecule has 0 bridgehead atoms. The van der Waals surface area contributed by atoms with Gasteiger partial charge < -0.3 is 10.1 Å². The van der Waals surface area contributed by atoms with Crippen molar-refractivity contribution in [1.29, 1.82) is 0 Å². The fourth-order valence-corrected chi connectivity index (χ4v) is 2.92. The SMILES string of the molecule is C=C(Nc1cc(Cl)cc(OC(F)F)c1)c1ccccc1/N=C(\C)c1cccnc1. The highest BCUT2D eigenvalue weighted by Crippen LogP contribution is 2.30. The first-order chi connectivity index (χ1) is 13.9. The molecule has 0 atom stereocenters. The molecule has 0 aliphatic rings. The summed E-state index contributed by atoms with van der Waals surface area (Å²) in [7, 11) is 0. The van der Waals surface area contributed by atoms with Gasteiger partial charge in [-0.1, -0.05) is 42.4 Å². The lowest BCUT2D eigenvalue weighted by atomic mass is 10.1. The fraction of sp³-hybridized carbons (Fsp3) is 0.0909. The summed E-state index contributed by atoms with van der Waals surface area (Å²) < 4.78 is 29.4. The molecule has 29 heavy (non-hydrogen) atoms. The first-order valence-corrected chi connectivity index (χ1v) is 9.06. The first-order valence-electron chi connectivity index (χ1n) is 8.69. The average molecular weight is 414 g/mol. The highest BCUT2D eigenvalue weighted by atomic mass is 35.5. The number of hydrogen-bond acceptors (Lipinski definition) is 4. The van der Waals surface area contributed by atoms with E-state index in [9.17, 15) is 8.78 Å². The van der Waals surface area contributed by atoms with Crippen LogP contribution in [0.3, 0.4) is 0 Å². The van der Waals surface area contributed by atoms with Gasteiger partial charge in [-0.25, -0.2) is 0 Å². The van der Waals surface area contributed by atoms with Gasteiger partial charge in [0.15, 0.2) is 0 Å². The van der Waals surface area contributed by atoms with Crippen LogP contribution in [0.1, 0.15) is 18.1 Å². The predicted octanol–water partition coefficient (Wildman–Crippen LogP) is 6.56. The lowest BCUT2D eigenvalue weighted by Gasteiger charge is -2.14. The number of nitrogens with zero attached hydrogens (tertiary/aromatic N) is 2. The summed E-state index contributed by atoms with van der Waals surface area (Å²) in [5, 5.41) is 3.34. The Morgan fingerprint density at radius 3 is 2.69 bits per heavy atom. The van der Waals surface area contributed by atoms with Crippen LogP contribution in [0.2, 0.25) is 5.02 Å². The minimum absolute atomic E-state index is 0.0403. The maximum absolute atomic E-state index is 12.5. The van der Waals surface area contributed by atoms with Crippen molar-refractivity contribution in [2.45, 2.75) is 13.5 Å². The van der Waals surface area contributed by atoms with Gasteiger partial charge in [-0.05, 0) is 31.2 Å². The van der Waals surface area contributed by atoms with Crippen LogP contribution >= 0.6 is 11.6 Å². The fourth-order valence-electron chi connectivity index (χ4n) is 2.70. The van der Waals surface area contributed by atoms with Crippen LogP contribution in [-0.4, -0.2) is 17.3 Å². The molecule has 0 unspecified atom stereocenters. The second-order valence-electron chi connectivity index (χ2n) is 6.11. The smallest absolute Gasteiger partial charge is 0.387 e. The van der Waals surface area contributed by atoms with Crippen LogP contribution in [0.15, 0.2) is 78.6 Å². The lowest BCUT2D eigenvalue weighted by molar-refractivity contribution is -0.0497. The number of anilines is 1. The number of halogens is 3. The molecule has 0 spiro atoms. The third-order valence-electron chi connectivity index (χ3n) is 3.99. The summed E-state index contributed by atoms with van der Waals surface area (Å²) in [6.45, 7) is 3.02. The number of benzene rings is 2. The number of ether oxygens (including phenoxy) is 1. The second-order valence-corrected chi connectivity index (χ2v) is 6.55. The van der Waals surface area contributed by atoms with Gasteiger partial charge in [0, 0.05) is 51.7 Å². The van der Waals surface area contributed by atoms with Crippen molar-refractivity contribution >= 4 is 34.4 Å². The maximum Gasteiger partial charge on any atom is 0.387 e. The van der Waals surface area contributed by atoms with E-state index in [1.165, 1.54) is 12.1 Å². The molecule has 0 aliphatic carbocycles. The number of hydrogen-bond donors (Lipinski definition) is 1. The third kappa shape index (κ3) is 5.62. The predicted molar refractivity (Wildman–Crippen MR) is 113 cm³/mol. The molecule has 0 radical (unpaired) electrons. The van der Waals surface area contributed by atoms with Crippen LogP contribution in [-0.2, 0) is 0 Å². The third-order valence-corrected chi connectivity index (χ3v) is 4.21. The molecule has 1 aromatic heterocycles. The van der Waals surface area contributed by atoms with Gasteiger partial charge in [-0.2, -0.15) is 8.78 Å². The molecule has 3 aromatic rings. The van der Waals surface area contributed by atoms with Gasteiger partial charge in [0.05, 0.1) is 5.69 Å². The number of nitrogens with one attached hydrogen (secondary N) is 1. The van der Waals surface area contributed by atoms with E-state index in [1.54, 1.807) is 18.5 Å². The van der Waals surface area contributed by atoms with Crippen LogP contribution in [0, 0.1) is 0 Å². The van der Waals surface area contributed by atoms with E-state index in [2.05, 4.69) is 21.6 Å². The van der Waals surface area contributed by atoms with Gasteiger partial charge in [-0.15, -0.1) is 0 Å². The minimum Gasteiger partial charge on any atom is -0.435 e. The van der Waals surface area contributed by atoms with E-state index in [4.69, 9.17) is 16.6 Å². The number of alkyl halides is 2. The van der Waals surface area contributed by atoms with Crippen molar-refractivity contribution in [3.63, 3.8) is 0 Å². The molecule has 0 saturated carbocycles. The molecule has 1 N–H and O–H groups in total. The van der Waals surface area contributed by atoms with Gasteiger partial charge in [0.25, 0.3) is 0 Å². The zero-order valence-electron chi connectivity index (χ0n) is 15.6. The van der Waals surface area contributed by atoms with Crippen molar-refractivity contribution in [1.82, 2.24) is 4.98 Å². The molecule has 1 heterocycles. The molecule has 7 heteroatoms. The Kier molecular flexibility index (Phi) is 6.57. The molecule has 148 valence electrons. The van der Waals surface area contributed by atoms with Crippen LogP contribution in [0.25, 0.3) is 5.70 Å². The Morgan fingerprint density at radius 1 is 1.17 bits per heavy atom. The van der Waals surface area contributed by atoms with Crippen LogP contribution < -0.4 is 10.1 Å². The number of aliphatic imine (C=N–C) groups is 1. The minimum atomic E-state index is -2.94. The first kappa shape index (κ1) is 20.5. The maximum atomic E-state index is 12.5. The normalized spacial score (nSPS) is 11.4. The zero-order chi connectivity index (χ0) is 20.8.